The van der Waals surface area contributed by atoms with E-state index in [1.807, 2.05) is 53.3 Å². The highest BCUT2D eigenvalue weighted by Gasteiger charge is 2.11. The third-order valence-electron chi connectivity index (χ3n) is 4.88. The Hall–Kier alpha value is -3.58. The number of aryl methyl sites for hydroxylation is 1. The van der Waals surface area contributed by atoms with E-state index in [2.05, 4.69) is 69.4 Å². The maximum atomic E-state index is 9.65. The molecule has 3 rings (SSSR count). The fourth-order valence-electron chi connectivity index (χ4n) is 3.16. The normalized spacial score (nSPS) is 10.8. The third kappa shape index (κ3) is 4.64. The predicted molar refractivity (Wildman–Crippen MR) is 123 cm³/mol. The molecule has 0 amide bonds. The van der Waals surface area contributed by atoms with Gasteiger partial charge in [-0.1, -0.05) is 30.3 Å². The fraction of sp³-hybridized carbons (Fsp3) is 0.200. The van der Waals surface area contributed by atoms with Crippen LogP contribution in [0.5, 0.6) is 0 Å². The summed E-state index contributed by atoms with van der Waals surface area (Å²) in [6, 6.07) is 20.9. The first-order chi connectivity index (χ1) is 13.9. The van der Waals surface area contributed by atoms with Crippen molar-refractivity contribution in [1.82, 2.24) is 4.98 Å². The van der Waals surface area contributed by atoms with E-state index in [1.54, 1.807) is 0 Å². The highest BCUT2D eigenvalue weighted by molar-refractivity contribution is 5.77. The van der Waals surface area contributed by atoms with Crippen LogP contribution in [-0.4, -0.2) is 33.2 Å². The number of benzene rings is 2. The quantitative estimate of drug-likeness (QED) is 0.606. The molecule has 0 aliphatic rings. The molecule has 0 unspecified atom stereocenters. The molecule has 0 aliphatic carbocycles. The van der Waals surface area contributed by atoms with E-state index in [4.69, 9.17) is 0 Å². The predicted octanol–water partition coefficient (Wildman–Crippen LogP) is 5.23. The van der Waals surface area contributed by atoms with Crippen molar-refractivity contribution in [2.24, 2.45) is 0 Å². The van der Waals surface area contributed by atoms with Gasteiger partial charge in [0.25, 0.3) is 0 Å². The zero-order valence-electron chi connectivity index (χ0n) is 17.6. The number of hydrogen-bond acceptors (Lipinski definition) is 4. The van der Waals surface area contributed by atoms with Gasteiger partial charge in [0.05, 0.1) is 17.0 Å². The van der Waals surface area contributed by atoms with Gasteiger partial charge in [-0.2, -0.15) is 5.26 Å². The molecule has 0 radical (unpaired) electrons. The average Bonchev–Trinajstić information content (AvgIpc) is 2.72. The second-order valence-corrected chi connectivity index (χ2v) is 7.43. The molecule has 0 saturated carbocycles. The summed E-state index contributed by atoms with van der Waals surface area (Å²) in [4.78, 5) is 8.75. The minimum absolute atomic E-state index is 0.620. The van der Waals surface area contributed by atoms with Gasteiger partial charge in [-0.25, -0.2) is 0 Å². The highest BCUT2D eigenvalue weighted by atomic mass is 15.1. The number of pyridine rings is 1. The summed E-state index contributed by atoms with van der Waals surface area (Å²) in [5, 5.41) is 9.65. The molecule has 1 aromatic heterocycles. The number of rotatable bonds is 5. The third-order valence-corrected chi connectivity index (χ3v) is 4.88. The second kappa shape index (κ2) is 8.62. The van der Waals surface area contributed by atoms with Crippen LogP contribution in [0, 0.1) is 18.3 Å². The van der Waals surface area contributed by atoms with E-state index in [9.17, 15) is 5.26 Å². The van der Waals surface area contributed by atoms with Crippen molar-refractivity contribution in [3.05, 3.63) is 77.1 Å². The molecule has 1 heterocycles. The van der Waals surface area contributed by atoms with Crippen LogP contribution in [-0.2, 0) is 0 Å². The van der Waals surface area contributed by atoms with Crippen LogP contribution in [0.2, 0.25) is 0 Å². The number of nitriles is 1. The van der Waals surface area contributed by atoms with E-state index in [0.29, 0.717) is 5.56 Å². The number of nitrogens with zero attached hydrogens (tertiary/aromatic N) is 4. The van der Waals surface area contributed by atoms with Crippen molar-refractivity contribution in [1.29, 1.82) is 5.26 Å². The molecule has 0 atom stereocenters. The monoisotopic (exact) mass is 382 g/mol. The topological polar surface area (TPSA) is 43.2 Å². The van der Waals surface area contributed by atoms with Crippen LogP contribution in [0.15, 0.2) is 54.6 Å². The Labute approximate surface area is 173 Å². The first-order valence-corrected chi connectivity index (χ1v) is 9.54. The van der Waals surface area contributed by atoms with Gasteiger partial charge in [0, 0.05) is 45.1 Å². The van der Waals surface area contributed by atoms with Crippen LogP contribution in [0.3, 0.4) is 0 Å². The molecular weight excluding hydrogens is 356 g/mol. The Morgan fingerprint density at radius 3 is 1.90 bits per heavy atom. The maximum absolute atomic E-state index is 9.65. The van der Waals surface area contributed by atoms with Gasteiger partial charge < -0.3 is 9.80 Å². The second-order valence-electron chi connectivity index (χ2n) is 7.43. The van der Waals surface area contributed by atoms with Crippen molar-refractivity contribution in [3.63, 3.8) is 0 Å². The SMILES string of the molecule is Cc1nc(/C=C/c2ccc(N(C)C)cc2)cc(-c2ccc(N(C)C)cc2)c1C#N. The number of anilines is 2. The first-order valence-electron chi connectivity index (χ1n) is 9.54. The van der Waals surface area contributed by atoms with E-state index in [1.165, 1.54) is 0 Å². The summed E-state index contributed by atoms with van der Waals surface area (Å²) in [7, 11) is 8.09. The van der Waals surface area contributed by atoms with Gasteiger partial charge in [0.15, 0.2) is 0 Å². The molecule has 0 fully saturated rings. The van der Waals surface area contributed by atoms with Gasteiger partial charge in [0.2, 0.25) is 0 Å². The average molecular weight is 383 g/mol. The fourth-order valence-corrected chi connectivity index (χ4v) is 3.16. The van der Waals surface area contributed by atoms with Crippen LogP contribution in [0.1, 0.15) is 22.5 Å². The molecule has 0 spiro atoms. The van der Waals surface area contributed by atoms with Crippen LogP contribution in [0.25, 0.3) is 23.3 Å². The lowest BCUT2D eigenvalue weighted by atomic mass is 9.98. The Morgan fingerprint density at radius 1 is 0.828 bits per heavy atom. The van der Waals surface area contributed by atoms with E-state index < -0.39 is 0 Å². The van der Waals surface area contributed by atoms with Crippen molar-refractivity contribution < 1.29 is 0 Å². The van der Waals surface area contributed by atoms with Crippen LogP contribution >= 0.6 is 0 Å². The first kappa shape index (κ1) is 20.2. The maximum Gasteiger partial charge on any atom is 0.102 e. The van der Waals surface area contributed by atoms with Gasteiger partial charge in [0.1, 0.15) is 6.07 Å². The molecule has 4 heteroatoms. The Balaban J connectivity index is 1.95. The molecular formula is C25H26N4. The van der Waals surface area contributed by atoms with Crippen molar-refractivity contribution in [2.75, 3.05) is 38.0 Å². The van der Waals surface area contributed by atoms with Gasteiger partial charge in [-0.3, -0.25) is 4.98 Å². The summed E-state index contributed by atoms with van der Waals surface area (Å²) >= 11 is 0. The Kier molecular flexibility index (Phi) is 5.99. The van der Waals surface area contributed by atoms with Crippen molar-refractivity contribution in [2.45, 2.75) is 6.92 Å². The summed E-state index contributed by atoms with van der Waals surface area (Å²) in [6.45, 7) is 1.89. The molecule has 2 aromatic carbocycles. The molecule has 4 nitrogen and oxygen atoms in total. The lowest BCUT2D eigenvalue weighted by molar-refractivity contribution is 1.13. The lowest BCUT2D eigenvalue weighted by Crippen LogP contribution is -2.08. The largest absolute Gasteiger partial charge is 0.378 e. The molecule has 3 aromatic rings. The van der Waals surface area contributed by atoms with E-state index in [0.717, 1.165) is 39.5 Å². The van der Waals surface area contributed by atoms with Crippen molar-refractivity contribution >= 4 is 23.5 Å². The zero-order valence-corrected chi connectivity index (χ0v) is 17.6. The summed E-state index contributed by atoms with van der Waals surface area (Å²) in [6.07, 6.45) is 4.04. The van der Waals surface area contributed by atoms with Crippen LogP contribution in [0.4, 0.5) is 11.4 Å². The lowest BCUT2D eigenvalue weighted by Gasteiger charge is -2.14. The molecule has 146 valence electrons. The Bertz CT molecular complexity index is 1050. The molecule has 29 heavy (non-hydrogen) atoms. The molecule has 0 aliphatic heterocycles. The molecule has 0 N–H and O–H groups in total. The van der Waals surface area contributed by atoms with E-state index >= 15 is 0 Å². The van der Waals surface area contributed by atoms with Crippen LogP contribution < -0.4 is 9.80 Å². The molecule has 0 bridgehead atoms. The van der Waals surface area contributed by atoms with Crippen molar-refractivity contribution in [3.8, 4) is 17.2 Å². The summed E-state index contributed by atoms with van der Waals surface area (Å²) in [5.74, 6) is 0. The number of aromatic nitrogens is 1. The highest BCUT2D eigenvalue weighted by Crippen LogP contribution is 2.28. The smallest absolute Gasteiger partial charge is 0.102 e. The van der Waals surface area contributed by atoms with E-state index in [-0.39, 0.29) is 0 Å². The Morgan fingerprint density at radius 2 is 1.38 bits per heavy atom. The molecule has 0 saturated heterocycles. The standard InChI is InChI=1S/C25H26N4/c1-18-25(17-26)24(20-9-14-23(15-10-20)29(4)5)16-21(27-18)11-6-19-7-12-22(13-8-19)28(2)3/h6-16H,1-5H3/b11-6+. The minimum atomic E-state index is 0.620. The zero-order chi connectivity index (χ0) is 21.0. The van der Waals surface area contributed by atoms with Gasteiger partial charge in [-0.05, 0) is 54.5 Å². The van der Waals surface area contributed by atoms with Gasteiger partial charge >= 0.3 is 0 Å². The summed E-state index contributed by atoms with van der Waals surface area (Å²) in [5.41, 5.74) is 7.52. The summed E-state index contributed by atoms with van der Waals surface area (Å²) < 4.78 is 0. The number of hydrogen-bond donors (Lipinski definition) is 0. The minimum Gasteiger partial charge on any atom is -0.378 e. The van der Waals surface area contributed by atoms with Gasteiger partial charge in [-0.15, -0.1) is 0 Å².